The minimum atomic E-state index is -0.295. The molecule has 0 aromatic heterocycles. The summed E-state index contributed by atoms with van der Waals surface area (Å²) in [4.78, 5) is 12.5. The number of carbonyl (C=O) groups excluding carboxylic acids is 1. The zero-order chi connectivity index (χ0) is 19.2. The lowest BCUT2D eigenvalue weighted by Gasteiger charge is -2.15. The Morgan fingerprint density at radius 2 is 1.81 bits per heavy atom. The van der Waals surface area contributed by atoms with Gasteiger partial charge in [0.1, 0.15) is 17.5 Å². The van der Waals surface area contributed by atoms with Crippen molar-refractivity contribution in [2.75, 3.05) is 14.2 Å². The lowest BCUT2D eigenvalue weighted by Crippen LogP contribution is -2.42. The number of ether oxygens (including phenoxy) is 2. The third-order valence-electron chi connectivity index (χ3n) is 4.93. The van der Waals surface area contributed by atoms with Gasteiger partial charge in [-0.25, -0.2) is 10.9 Å². The van der Waals surface area contributed by atoms with Crippen LogP contribution in [0.5, 0.6) is 11.5 Å². The molecule has 2 unspecified atom stereocenters. The molecule has 1 amide bonds. The summed E-state index contributed by atoms with van der Waals surface area (Å²) in [5.74, 6) is 1.47. The molecule has 2 aromatic rings. The van der Waals surface area contributed by atoms with Crippen molar-refractivity contribution in [3.05, 3.63) is 59.2 Å². The summed E-state index contributed by atoms with van der Waals surface area (Å²) in [5, 5.41) is 3.00. The fourth-order valence-electron chi connectivity index (χ4n) is 3.24. The highest BCUT2D eigenvalue weighted by molar-refractivity contribution is 5.82. The van der Waals surface area contributed by atoms with Crippen LogP contribution in [0.3, 0.4) is 0 Å². The van der Waals surface area contributed by atoms with E-state index in [1.54, 1.807) is 14.2 Å². The first-order valence-electron chi connectivity index (χ1n) is 9.23. The number of methoxy groups -OCH3 is 2. The average molecular weight is 369 g/mol. The first-order chi connectivity index (χ1) is 13.1. The molecule has 0 bridgehead atoms. The van der Waals surface area contributed by atoms with Gasteiger partial charge < -0.3 is 14.8 Å². The minimum absolute atomic E-state index is 0.00885. The van der Waals surface area contributed by atoms with Gasteiger partial charge in [-0.1, -0.05) is 37.3 Å². The van der Waals surface area contributed by atoms with Crippen molar-refractivity contribution in [1.82, 2.24) is 16.2 Å². The number of rotatable bonds is 7. The van der Waals surface area contributed by atoms with Gasteiger partial charge in [0, 0.05) is 18.2 Å². The van der Waals surface area contributed by atoms with E-state index >= 15 is 0 Å². The molecule has 2 aromatic carbocycles. The van der Waals surface area contributed by atoms with Crippen LogP contribution in [-0.2, 0) is 17.8 Å². The third kappa shape index (κ3) is 4.59. The summed E-state index contributed by atoms with van der Waals surface area (Å²) in [6.45, 7) is 2.65. The Morgan fingerprint density at radius 3 is 2.48 bits per heavy atom. The van der Waals surface area contributed by atoms with Crippen LogP contribution in [0.1, 0.15) is 36.1 Å². The molecule has 0 saturated carbocycles. The molecule has 6 nitrogen and oxygen atoms in total. The van der Waals surface area contributed by atoms with E-state index in [0.29, 0.717) is 13.0 Å². The molecule has 1 aliphatic rings. The Labute approximate surface area is 160 Å². The van der Waals surface area contributed by atoms with Gasteiger partial charge in [0.2, 0.25) is 5.91 Å². The molecule has 0 radical (unpaired) electrons. The highest BCUT2D eigenvalue weighted by Gasteiger charge is 2.31. The molecule has 1 aliphatic heterocycles. The standard InChI is InChI=1S/C21H27N3O3/c1-4-14-5-7-15(8-6-14)13-22-21(25)19-12-18(23-24-19)17-10-9-16(26-2)11-20(17)27-3/h5-11,18-19,23-24H,4,12-13H2,1-3H3,(H,22,25). The lowest BCUT2D eigenvalue weighted by atomic mass is 10.0. The molecule has 3 rings (SSSR count). The van der Waals surface area contributed by atoms with Gasteiger partial charge in [0.15, 0.2) is 0 Å². The maximum atomic E-state index is 12.5. The first-order valence-corrected chi connectivity index (χ1v) is 9.23. The predicted octanol–water partition coefficient (Wildman–Crippen LogP) is 2.49. The number of hydrogen-bond acceptors (Lipinski definition) is 5. The van der Waals surface area contributed by atoms with Gasteiger partial charge in [-0.15, -0.1) is 0 Å². The minimum Gasteiger partial charge on any atom is -0.497 e. The molecule has 3 N–H and O–H groups in total. The van der Waals surface area contributed by atoms with Crippen molar-refractivity contribution in [3.8, 4) is 11.5 Å². The van der Waals surface area contributed by atoms with Crippen LogP contribution in [0.2, 0.25) is 0 Å². The van der Waals surface area contributed by atoms with Gasteiger partial charge in [-0.05, 0) is 30.0 Å². The van der Waals surface area contributed by atoms with Crippen LogP contribution in [0.4, 0.5) is 0 Å². The van der Waals surface area contributed by atoms with Crippen molar-refractivity contribution in [3.63, 3.8) is 0 Å². The number of nitrogens with one attached hydrogen (secondary N) is 3. The predicted molar refractivity (Wildman–Crippen MR) is 105 cm³/mol. The van der Waals surface area contributed by atoms with Crippen LogP contribution in [0.25, 0.3) is 0 Å². The molecular formula is C21H27N3O3. The van der Waals surface area contributed by atoms with E-state index in [4.69, 9.17) is 9.47 Å². The fourth-order valence-corrected chi connectivity index (χ4v) is 3.24. The van der Waals surface area contributed by atoms with E-state index in [2.05, 4.69) is 47.4 Å². The van der Waals surface area contributed by atoms with Crippen molar-refractivity contribution < 1.29 is 14.3 Å². The molecule has 6 heteroatoms. The Kier molecular flexibility index (Phi) is 6.32. The molecule has 1 fully saturated rings. The smallest absolute Gasteiger partial charge is 0.238 e. The van der Waals surface area contributed by atoms with Crippen LogP contribution in [0.15, 0.2) is 42.5 Å². The van der Waals surface area contributed by atoms with E-state index in [0.717, 1.165) is 29.0 Å². The number of aryl methyl sites for hydroxylation is 1. The van der Waals surface area contributed by atoms with Crippen molar-refractivity contribution >= 4 is 5.91 Å². The second-order valence-corrected chi connectivity index (χ2v) is 6.63. The van der Waals surface area contributed by atoms with E-state index in [-0.39, 0.29) is 18.0 Å². The molecule has 2 atom stereocenters. The number of amides is 1. The summed E-state index contributed by atoms with van der Waals surface area (Å²) >= 11 is 0. The van der Waals surface area contributed by atoms with Gasteiger partial charge in [-0.2, -0.15) is 0 Å². The largest absolute Gasteiger partial charge is 0.497 e. The molecule has 0 spiro atoms. The molecule has 1 saturated heterocycles. The van der Waals surface area contributed by atoms with Crippen LogP contribution in [-0.4, -0.2) is 26.2 Å². The van der Waals surface area contributed by atoms with Gasteiger partial charge in [0.05, 0.1) is 20.3 Å². The third-order valence-corrected chi connectivity index (χ3v) is 4.93. The molecule has 144 valence electrons. The van der Waals surface area contributed by atoms with Crippen LogP contribution < -0.4 is 25.6 Å². The molecule has 27 heavy (non-hydrogen) atoms. The van der Waals surface area contributed by atoms with Gasteiger partial charge in [-0.3, -0.25) is 4.79 Å². The quantitative estimate of drug-likeness (QED) is 0.699. The van der Waals surface area contributed by atoms with Gasteiger partial charge in [0.25, 0.3) is 0 Å². The number of hydrogen-bond donors (Lipinski definition) is 3. The number of carbonyl (C=O) groups is 1. The second kappa shape index (κ2) is 8.88. The SMILES string of the molecule is CCc1ccc(CNC(=O)C2CC(c3ccc(OC)cc3OC)NN2)cc1. The van der Waals surface area contributed by atoms with Gasteiger partial charge >= 0.3 is 0 Å². The monoisotopic (exact) mass is 369 g/mol. The summed E-state index contributed by atoms with van der Waals surface area (Å²) in [5.41, 5.74) is 9.68. The maximum absolute atomic E-state index is 12.5. The number of hydrazine groups is 1. The van der Waals surface area contributed by atoms with Crippen molar-refractivity contribution in [1.29, 1.82) is 0 Å². The topological polar surface area (TPSA) is 71.6 Å². The van der Waals surface area contributed by atoms with Crippen LogP contribution >= 0.6 is 0 Å². The molecular weight excluding hydrogens is 342 g/mol. The normalized spacial score (nSPS) is 18.9. The van der Waals surface area contributed by atoms with Crippen molar-refractivity contribution in [2.45, 2.75) is 38.4 Å². The van der Waals surface area contributed by atoms with Crippen molar-refractivity contribution in [2.24, 2.45) is 0 Å². The first kappa shape index (κ1) is 19.2. The summed E-state index contributed by atoms with van der Waals surface area (Å²) in [7, 11) is 3.26. The van der Waals surface area contributed by atoms with E-state index in [9.17, 15) is 4.79 Å². The Morgan fingerprint density at radius 1 is 1.07 bits per heavy atom. The Bertz CT molecular complexity index is 777. The fraction of sp³-hybridized carbons (Fsp3) is 0.381. The Hall–Kier alpha value is -2.57. The summed E-state index contributed by atoms with van der Waals surface area (Å²) < 4.78 is 10.7. The summed E-state index contributed by atoms with van der Waals surface area (Å²) in [6.07, 6.45) is 1.66. The van der Waals surface area contributed by atoms with Crippen LogP contribution in [0, 0.1) is 0 Å². The van der Waals surface area contributed by atoms with E-state index in [1.165, 1.54) is 5.56 Å². The summed E-state index contributed by atoms with van der Waals surface area (Å²) in [6, 6.07) is 13.7. The average Bonchev–Trinajstić information content (AvgIpc) is 3.22. The lowest BCUT2D eigenvalue weighted by molar-refractivity contribution is -0.123. The highest BCUT2D eigenvalue weighted by atomic mass is 16.5. The zero-order valence-corrected chi connectivity index (χ0v) is 16.0. The highest BCUT2D eigenvalue weighted by Crippen LogP contribution is 2.33. The number of benzene rings is 2. The Balaban J connectivity index is 1.57. The maximum Gasteiger partial charge on any atom is 0.238 e. The molecule has 1 heterocycles. The van der Waals surface area contributed by atoms with E-state index in [1.807, 2.05) is 18.2 Å². The molecule has 0 aliphatic carbocycles. The van der Waals surface area contributed by atoms with E-state index < -0.39 is 0 Å². The second-order valence-electron chi connectivity index (χ2n) is 6.63. The zero-order valence-electron chi connectivity index (χ0n) is 16.0.